The Kier molecular flexibility index (Phi) is 31.3. The van der Waals surface area contributed by atoms with Gasteiger partial charge in [0.15, 0.2) is 0 Å². The number of aryl methyl sites for hydroxylation is 7. The average molecular weight is 986 g/mol. The predicted molar refractivity (Wildman–Crippen MR) is 256 cm³/mol. The van der Waals surface area contributed by atoms with Crippen LogP contribution in [0.3, 0.4) is 0 Å². The molecule has 0 unspecified atom stereocenters. The summed E-state index contributed by atoms with van der Waals surface area (Å²) in [6, 6.07) is 36.6. The van der Waals surface area contributed by atoms with E-state index in [2.05, 4.69) is 67.9 Å². The normalized spacial score (nSPS) is 9.97. The van der Waals surface area contributed by atoms with E-state index in [1.165, 1.54) is 55.1 Å². The SMILES string of the molecule is COOSc1cc(Cl)ccc1C.COOSc1ccccc1C.Cc1ccc(Cl)cc1CON.Cc1ccc(Cl)cc1SOON.Cc1ccc(F)cc1F.Cc1ccccc1C. The highest BCUT2D eigenvalue weighted by molar-refractivity contribution is 7.95. The van der Waals surface area contributed by atoms with Gasteiger partial charge in [0.2, 0.25) is 0 Å². The Morgan fingerprint density at radius 2 is 0.873 bits per heavy atom. The molecular formula is C46H53Cl3F2N2O7S3. The van der Waals surface area contributed by atoms with Crippen molar-refractivity contribution in [3.63, 3.8) is 0 Å². The number of halogens is 5. The van der Waals surface area contributed by atoms with Gasteiger partial charge in [-0.25, -0.2) is 24.5 Å². The molecule has 6 aromatic rings. The van der Waals surface area contributed by atoms with E-state index in [-0.39, 0.29) is 0 Å². The monoisotopic (exact) mass is 984 g/mol. The number of rotatable bonds is 11. The number of nitrogens with two attached hydrogens (primary N) is 2. The van der Waals surface area contributed by atoms with E-state index < -0.39 is 11.6 Å². The van der Waals surface area contributed by atoms with E-state index in [1.807, 2.05) is 100 Å². The predicted octanol–water partition coefficient (Wildman–Crippen LogP) is 14.9. The Morgan fingerprint density at radius 3 is 1.30 bits per heavy atom. The third-order valence-corrected chi connectivity index (χ3v) is 11.2. The zero-order chi connectivity index (χ0) is 47.2. The molecule has 6 aromatic carbocycles. The lowest BCUT2D eigenvalue weighted by molar-refractivity contribution is -0.195. The molecule has 0 fully saturated rings. The molecule has 4 N–H and O–H groups in total. The van der Waals surface area contributed by atoms with Crippen LogP contribution in [0.25, 0.3) is 0 Å². The summed E-state index contributed by atoms with van der Waals surface area (Å²) in [5.74, 6) is 8.60. The first-order chi connectivity index (χ1) is 30.1. The van der Waals surface area contributed by atoms with E-state index in [0.29, 0.717) is 27.2 Å². The number of benzene rings is 6. The molecule has 9 nitrogen and oxygen atoms in total. The first-order valence-electron chi connectivity index (χ1n) is 18.6. The van der Waals surface area contributed by atoms with Gasteiger partial charge in [-0.2, -0.15) is 14.6 Å². The van der Waals surface area contributed by atoms with Gasteiger partial charge in [-0.05, 0) is 142 Å². The molecule has 0 saturated heterocycles. The van der Waals surface area contributed by atoms with Crippen LogP contribution in [0, 0.1) is 60.1 Å². The van der Waals surface area contributed by atoms with E-state index in [4.69, 9.17) is 49.4 Å². The maximum atomic E-state index is 12.3. The molecule has 0 aliphatic carbocycles. The fraction of sp³-hybridized carbons (Fsp3) is 0.217. The van der Waals surface area contributed by atoms with Gasteiger partial charge >= 0.3 is 0 Å². The fourth-order valence-corrected chi connectivity index (χ4v) is 6.44. The lowest BCUT2D eigenvalue weighted by Gasteiger charge is -2.03. The lowest BCUT2D eigenvalue weighted by Crippen LogP contribution is -2.00. The molecule has 0 amide bonds. The van der Waals surface area contributed by atoms with Gasteiger partial charge in [0.1, 0.15) is 11.6 Å². The van der Waals surface area contributed by atoms with E-state index in [0.717, 1.165) is 67.1 Å². The van der Waals surface area contributed by atoms with Crippen molar-refractivity contribution in [2.45, 2.75) is 69.8 Å². The topological polar surface area (TPSA) is 117 Å². The van der Waals surface area contributed by atoms with Gasteiger partial charge in [-0.3, -0.25) is 4.84 Å². The summed E-state index contributed by atoms with van der Waals surface area (Å²) in [5.41, 5.74) is 8.73. The van der Waals surface area contributed by atoms with Crippen molar-refractivity contribution in [2.75, 3.05) is 14.2 Å². The standard InChI is InChI=1S/C8H10ClNO.C8H9ClO2S.C8H10O2S.C8H10.C7H8ClNO2S.C7H6F2/c1-6-2-3-8(9)4-7(6)5-11-10;1-6-3-4-7(9)5-8(6)12-11-10-2;1-7-5-3-4-6-8(7)11-10-9-2;1-7-5-3-4-6-8(7)2;1-5-2-3-6(8)4-7(5)12-11-10-9;1-5-2-3-6(8)4-7(5)9/h2-4H,5,10H2,1H3;3-5H,1-2H3;3-6H,1-2H3;3-6H,1-2H3;2-4H,9H2,1H3;2-4H,1H3. The molecular weight excluding hydrogens is 933 g/mol. The van der Waals surface area contributed by atoms with Gasteiger partial charge in [-0.15, -0.1) is 9.32 Å². The molecule has 0 bridgehead atoms. The molecule has 0 aromatic heterocycles. The first-order valence-corrected chi connectivity index (χ1v) is 22.0. The highest BCUT2D eigenvalue weighted by Crippen LogP contribution is 2.27. The molecule has 342 valence electrons. The van der Waals surface area contributed by atoms with Crippen LogP contribution in [0.1, 0.15) is 44.5 Å². The third kappa shape index (κ3) is 25.7. The quantitative estimate of drug-likeness (QED) is 0.0731. The molecule has 0 atom stereocenters. The first kappa shape index (κ1) is 57.8. The smallest absolute Gasteiger partial charge is 0.129 e. The molecule has 63 heavy (non-hydrogen) atoms. The lowest BCUT2D eigenvalue weighted by atomic mass is 10.1. The van der Waals surface area contributed by atoms with Gasteiger partial charge in [-0.1, -0.05) is 102 Å². The van der Waals surface area contributed by atoms with E-state index >= 15 is 0 Å². The zero-order valence-corrected chi connectivity index (χ0v) is 41.1. The number of hydrogen-bond acceptors (Lipinski definition) is 12. The van der Waals surface area contributed by atoms with Gasteiger partial charge in [0.25, 0.3) is 0 Å². The van der Waals surface area contributed by atoms with Gasteiger partial charge in [0.05, 0.1) is 57.0 Å². The summed E-state index contributed by atoms with van der Waals surface area (Å²) < 4.78 is 38.4. The highest BCUT2D eigenvalue weighted by atomic mass is 35.5. The minimum atomic E-state index is -0.530. The Labute approximate surface area is 398 Å². The van der Waals surface area contributed by atoms with Crippen LogP contribution in [0.2, 0.25) is 15.1 Å². The molecule has 0 spiro atoms. The summed E-state index contributed by atoms with van der Waals surface area (Å²) >= 11 is 20.7. The minimum Gasteiger partial charge on any atom is -0.300 e. The second kappa shape index (κ2) is 34.1. The summed E-state index contributed by atoms with van der Waals surface area (Å²) in [4.78, 5) is 20.3. The van der Waals surface area contributed by atoms with Crippen molar-refractivity contribution in [1.29, 1.82) is 0 Å². The molecule has 0 saturated carbocycles. The molecule has 0 heterocycles. The highest BCUT2D eigenvalue weighted by Gasteiger charge is 2.03. The number of hydrogen-bond donors (Lipinski definition) is 2. The summed E-state index contributed by atoms with van der Waals surface area (Å²) in [5, 5.41) is 2.06. The van der Waals surface area contributed by atoms with Crippen molar-refractivity contribution in [3.8, 4) is 0 Å². The molecule has 6 rings (SSSR count). The molecule has 0 radical (unpaired) electrons. The van der Waals surface area contributed by atoms with E-state index in [1.54, 1.807) is 13.0 Å². The Hall–Kier alpha value is -3.26. The maximum absolute atomic E-state index is 12.3. The van der Waals surface area contributed by atoms with Crippen LogP contribution in [-0.2, 0) is 39.2 Å². The fourth-order valence-electron chi connectivity index (χ4n) is 4.29. The van der Waals surface area contributed by atoms with Gasteiger partial charge in [0, 0.05) is 35.8 Å². The van der Waals surface area contributed by atoms with Crippen molar-refractivity contribution >= 4 is 70.9 Å². The minimum absolute atomic E-state index is 0.409. The Morgan fingerprint density at radius 1 is 0.460 bits per heavy atom. The van der Waals surface area contributed by atoms with Gasteiger partial charge < -0.3 is 0 Å². The summed E-state index contributed by atoms with van der Waals surface area (Å²) in [7, 11) is 2.96. The molecule has 0 aliphatic heterocycles. The largest absolute Gasteiger partial charge is 0.300 e. The molecule has 0 aliphatic rings. The second-order valence-electron chi connectivity index (χ2n) is 12.8. The van der Waals surface area contributed by atoms with Crippen molar-refractivity contribution in [2.24, 2.45) is 11.8 Å². The van der Waals surface area contributed by atoms with Crippen molar-refractivity contribution in [1.82, 2.24) is 0 Å². The maximum Gasteiger partial charge on any atom is 0.129 e. The van der Waals surface area contributed by atoms with Crippen LogP contribution < -0.4 is 11.8 Å². The van der Waals surface area contributed by atoms with Crippen LogP contribution >= 0.6 is 70.9 Å². The van der Waals surface area contributed by atoms with Crippen molar-refractivity contribution < 1.29 is 41.4 Å². The summed E-state index contributed by atoms with van der Waals surface area (Å²) in [6.07, 6.45) is 0. The second-order valence-corrected chi connectivity index (χ2v) is 16.4. The zero-order valence-electron chi connectivity index (χ0n) is 36.4. The van der Waals surface area contributed by atoms with E-state index in [9.17, 15) is 8.78 Å². The van der Waals surface area contributed by atoms with Crippen LogP contribution in [-0.4, -0.2) is 14.2 Å². The Bertz CT molecular complexity index is 2140. The van der Waals surface area contributed by atoms with Crippen molar-refractivity contribution in [3.05, 3.63) is 193 Å². The van der Waals surface area contributed by atoms with Crippen LogP contribution in [0.4, 0.5) is 8.78 Å². The third-order valence-electron chi connectivity index (χ3n) is 8.05. The van der Waals surface area contributed by atoms with Crippen LogP contribution in [0.15, 0.2) is 136 Å². The van der Waals surface area contributed by atoms with Crippen LogP contribution in [0.5, 0.6) is 0 Å². The summed E-state index contributed by atoms with van der Waals surface area (Å²) in [6.45, 7) is 14.2. The molecule has 17 heteroatoms. The Balaban J connectivity index is 0.000000380. The average Bonchev–Trinajstić information content (AvgIpc) is 3.26.